The van der Waals surface area contributed by atoms with Gasteiger partial charge in [0.2, 0.25) is 5.78 Å². The lowest BCUT2D eigenvalue weighted by Crippen LogP contribution is -2.31. The molecule has 6 nitrogen and oxygen atoms in total. The molecular formula is C21H23Cl2NO5S. The summed E-state index contributed by atoms with van der Waals surface area (Å²) in [5, 5.41) is 9.14. The normalized spacial score (nSPS) is 13.5. The van der Waals surface area contributed by atoms with Crippen molar-refractivity contribution in [3.8, 4) is 5.75 Å². The number of rotatable bonds is 10. The summed E-state index contributed by atoms with van der Waals surface area (Å²) < 4.78 is 32.9. The van der Waals surface area contributed by atoms with Crippen molar-refractivity contribution in [2.45, 2.75) is 25.2 Å². The highest BCUT2D eigenvalue weighted by Gasteiger charge is 2.32. The summed E-state index contributed by atoms with van der Waals surface area (Å²) in [6, 6.07) is 11.7. The van der Waals surface area contributed by atoms with Crippen LogP contribution in [-0.4, -0.2) is 39.9 Å². The van der Waals surface area contributed by atoms with Gasteiger partial charge in [0.05, 0.1) is 41.3 Å². The van der Waals surface area contributed by atoms with E-state index in [4.69, 9.17) is 37.5 Å². The summed E-state index contributed by atoms with van der Waals surface area (Å²) in [5.74, 6) is -0.0910. The Labute approximate surface area is 186 Å². The molecule has 1 N–H and O–H groups in total. The minimum atomic E-state index is -3.62. The number of hydrogen-bond acceptors (Lipinski definition) is 6. The largest absolute Gasteiger partial charge is 0.496 e. The van der Waals surface area contributed by atoms with Crippen LogP contribution in [0.4, 0.5) is 0 Å². The van der Waals surface area contributed by atoms with Crippen LogP contribution in [0, 0.1) is 5.41 Å². The van der Waals surface area contributed by atoms with E-state index < -0.39 is 21.3 Å². The summed E-state index contributed by atoms with van der Waals surface area (Å²) in [4.78, 5) is 12.9. The van der Waals surface area contributed by atoms with Crippen LogP contribution in [0.2, 0.25) is 10.0 Å². The molecule has 0 saturated carbocycles. The van der Waals surface area contributed by atoms with Gasteiger partial charge in [-0.1, -0.05) is 48.3 Å². The molecule has 1 atom stereocenters. The molecule has 0 amide bonds. The number of halogens is 2. The minimum Gasteiger partial charge on any atom is -0.496 e. The number of nitrogens with one attached hydrogen (secondary N) is 1. The van der Waals surface area contributed by atoms with Crippen LogP contribution < -0.4 is 4.74 Å². The SMILES string of the molecule is COc1ccccc1C(=O)C(=N)CC(C)(CCOS(C)(=O)=O)c1ccc(Cl)c(Cl)c1. The summed E-state index contributed by atoms with van der Waals surface area (Å²) in [6.07, 6.45) is 1.24. The smallest absolute Gasteiger partial charge is 0.264 e. The first-order valence-corrected chi connectivity index (χ1v) is 11.6. The van der Waals surface area contributed by atoms with Gasteiger partial charge in [-0.3, -0.25) is 8.98 Å². The zero-order chi connectivity index (χ0) is 22.5. The van der Waals surface area contributed by atoms with Gasteiger partial charge in [0.15, 0.2) is 0 Å². The van der Waals surface area contributed by atoms with Crippen molar-refractivity contribution in [1.82, 2.24) is 0 Å². The molecule has 0 bridgehead atoms. The molecular weight excluding hydrogens is 449 g/mol. The maximum Gasteiger partial charge on any atom is 0.264 e. The molecule has 30 heavy (non-hydrogen) atoms. The van der Waals surface area contributed by atoms with E-state index in [-0.39, 0.29) is 30.7 Å². The Balaban J connectivity index is 2.34. The van der Waals surface area contributed by atoms with Gasteiger partial charge in [0.1, 0.15) is 5.75 Å². The van der Waals surface area contributed by atoms with Gasteiger partial charge in [-0.05, 0) is 36.2 Å². The molecule has 0 aliphatic carbocycles. The van der Waals surface area contributed by atoms with Crippen LogP contribution in [0.5, 0.6) is 5.75 Å². The van der Waals surface area contributed by atoms with Crippen LogP contribution in [0.3, 0.4) is 0 Å². The summed E-state index contributed by atoms with van der Waals surface area (Å²) >= 11 is 12.2. The molecule has 162 valence electrons. The molecule has 0 radical (unpaired) electrons. The lowest BCUT2D eigenvalue weighted by Gasteiger charge is -2.30. The molecule has 0 spiro atoms. The lowest BCUT2D eigenvalue weighted by atomic mass is 9.74. The van der Waals surface area contributed by atoms with Crippen molar-refractivity contribution in [3.05, 3.63) is 63.6 Å². The highest BCUT2D eigenvalue weighted by atomic mass is 35.5. The van der Waals surface area contributed by atoms with E-state index in [0.29, 0.717) is 21.4 Å². The van der Waals surface area contributed by atoms with Crippen LogP contribution in [0.15, 0.2) is 42.5 Å². The second-order valence-electron chi connectivity index (χ2n) is 7.15. The minimum absolute atomic E-state index is 0.0367. The number of Topliss-reactive ketones (excluding diaryl/α,β-unsaturated/α-hetero) is 1. The second kappa shape index (κ2) is 9.92. The second-order valence-corrected chi connectivity index (χ2v) is 9.61. The number of methoxy groups -OCH3 is 1. The topological polar surface area (TPSA) is 93.5 Å². The first kappa shape index (κ1) is 24.3. The number of benzene rings is 2. The van der Waals surface area contributed by atoms with Crippen molar-refractivity contribution in [2.75, 3.05) is 20.0 Å². The van der Waals surface area contributed by atoms with E-state index in [1.54, 1.807) is 42.5 Å². The first-order chi connectivity index (χ1) is 14.0. The quantitative estimate of drug-likeness (QED) is 0.301. The third-order valence-electron chi connectivity index (χ3n) is 4.76. The maximum atomic E-state index is 12.9. The van der Waals surface area contributed by atoms with Gasteiger partial charge in [-0.25, -0.2) is 0 Å². The van der Waals surface area contributed by atoms with Gasteiger partial charge in [-0.15, -0.1) is 0 Å². The number of ether oxygens (including phenoxy) is 1. The van der Waals surface area contributed by atoms with Crippen molar-refractivity contribution >= 4 is 44.8 Å². The Kier molecular flexibility index (Phi) is 8.05. The lowest BCUT2D eigenvalue weighted by molar-refractivity contribution is 0.105. The van der Waals surface area contributed by atoms with E-state index in [0.717, 1.165) is 6.26 Å². The number of hydrogen-bond donors (Lipinski definition) is 1. The van der Waals surface area contributed by atoms with Crippen LogP contribution in [-0.2, 0) is 19.7 Å². The molecule has 9 heteroatoms. The maximum absolute atomic E-state index is 12.9. The van der Waals surface area contributed by atoms with Gasteiger partial charge >= 0.3 is 0 Å². The van der Waals surface area contributed by atoms with Crippen LogP contribution in [0.25, 0.3) is 0 Å². The van der Waals surface area contributed by atoms with Crippen LogP contribution >= 0.6 is 23.2 Å². The Morgan fingerprint density at radius 2 is 1.80 bits per heavy atom. The monoisotopic (exact) mass is 471 g/mol. The average molecular weight is 472 g/mol. The summed E-state index contributed by atoms with van der Waals surface area (Å²) in [5.41, 5.74) is 0.0566. The molecule has 2 aromatic carbocycles. The van der Waals surface area contributed by atoms with Crippen molar-refractivity contribution in [2.24, 2.45) is 0 Å². The van der Waals surface area contributed by atoms with Gasteiger partial charge in [-0.2, -0.15) is 8.42 Å². The van der Waals surface area contributed by atoms with Gasteiger partial charge < -0.3 is 10.1 Å². The zero-order valence-electron chi connectivity index (χ0n) is 16.9. The number of ketones is 1. The first-order valence-electron chi connectivity index (χ1n) is 9.02. The van der Waals surface area contributed by atoms with E-state index in [2.05, 4.69) is 0 Å². The molecule has 0 heterocycles. The van der Waals surface area contributed by atoms with Crippen molar-refractivity contribution in [3.63, 3.8) is 0 Å². The molecule has 0 fully saturated rings. The summed E-state index contributed by atoms with van der Waals surface area (Å²) in [6.45, 7) is 1.72. The number of carbonyl (C=O) groups excluding carboxylic acids is 1. The van der Waals surface area contributed by atoms with E-state index in [9.17, 15) is 13.2 Å². The molecule has 2 rings (SSSR count). The molecule has 0 saturated heterocycles. The zero-order valence-corrected chi connectivity index (χ0v) is 19.2. The molecule has 0 aliphatic heterocycles. The number of para-hydroxylation sites is 1. The highest BCUT2D eigenvalue weighted by molar-refractivity contribution is 7.85. The Hall–Kier alpha value is -1.93. The fourth-order valence-electron chi connectivity index (χ4n) is 3.09. The van der Waals surface area contributed by atoms with E-state index in [1.165, 1.54) is 7.11 Å². The van der Waals surface area contributed by atoms with Crippen molar-refractivity contribution < 1.29 is 22.1 Å². The fraction of sp³-hybridized carbons (Fsp3) is 0.333. The van der Waals surface area contributed by atoms with E-state index in [1.807, 2.05) is 6.92 Å². The molecule has 0 aliphatic rings. The molecule has 2 aromatic rings. The fourth-order valence-corrected chi connectivity index (χ4v) is 3.77. The Morgan fingerprint density at radius 1 is 1.13 bits per heavy atom. The van der Waals surface area contributed by atoms with E-state index >= 15 is 0 Å². The predicted molar refractivity (Wildman–Crippen MR) is 119 cm³/mol. The predicted octanol–water partition coefficient (Wildman–Crippen LogP) is 4.92. The van der Waals surface area contributed by atoms with Crippen molar-refractivity contribution in [1.29, 1.82) is 5.41 Å². The van der Waals surface area contributed by atoms with Gasteiger partial charge in [0.25, 0.3) is 10.1 Å². The standard InChI is InChI=1S/C21H23Cl2NO5S/c1-21(10-11-29-30(3,26)27,14-8-9-16(22)17(23)12-14)13-18(24)20(25)15-6-4-5-7-19(15)28-2/h4-9,12,24H,10-11,13H2,1-3H3. The number of carbonyl (C=O) groups is 1. The Bertz CT molecular complexity index is 1060. The molecule has 1 unspecified atom stereocenters. The van der Waals surface area contributed by atoms with Gasteiger partial charge in [0, 0.05) is 11.8 Å². The Morgan fingerprint density at radius 3 is 2.40 bits per heavy atom. The van der Waals surface area contributed by atoms with Crippen LogP contribution in [0.1, 0.15) is 35.7 Å². The highest BCUT2D eigenvalue weighted by Crippen LogP contribution is 2.36. The third-order valence-corrected chi connectivity index (χ3v) is 6.09. The average Bonchev–Trinajstić information content (AvgIpc) is 2.68. The molecule has 0 aromatic heterocycles. The summed E-state index contributed by atoms with van der Waals surface area (Å²) in [7, 11) is -2.17. The third kappa shape index (κ3) is 6.28.